The number of pyridine rings is 1. The predicted molar refractivity (Wildman–Crippen MR) is 152 cm³/mol. The third kappa shape index (κ3) is 7.30. The van der Waals surface area contributed by atoms with E-state index >= 15 is 0 Å². The molecule has 0 amide bonds. The number of nitrogens with zero attached hydrogens (tertiary/aromatic N) is 1. The zero-order chi connectivity index (χ0) is 30.5. The van der Waals surface area contributed by atoms with Crippen molar-refractivity contribution in [2.75, 3.05) is 4.72 Å². The van der Waals surface area contributed by atoms with E-state index in [1.54, 1.807) is 18.2 Å². The average molecular weight is 605 g/mol. The van der Waals surface area contributed by atoms with Crippen LogP contribution in [0.4, 0.5) is 18.9 Å². The number of sulfonamides is 1. The molecule has 0 saturated carbocycles. The summed E-state index contributed by atoms with van der Waals surface area (Å²) in [6.07, 6.45) is -1.67. The number of alkyl halides is 3. The number of aliphatic hydroxyl groups is 1. The van der Waals surface area contributed by atoms with Crippen LogP contribution < -0.4 is 4.72 Å². The number of rotatable bonds is 11. The minimum absolute atomic E-state index is 0.148. The van der Waals surface area contributed by atoms with Gasteiger partial charge in [-0.2, -0.15) is 21.6 Å². The molecule has 1 aliphatic heterocycles. The lowest BCUT2D eigenvalue weighted by molar-refractivity contribution is -0.191. The van der Waals surface area contributed by atoms with E-state index in [4.69, 9.17) is 4.74 Å². The Morgan fingerprint density at radius 3 is 2.40 bits per heavy atom. The maximum Gasteiger partial charge on any atom is 0.417 e. The summed E-state index contributed by atoms with van der Waals surface area (Å²) in [5, 5.41) is 10.8. The molecule has 0 aliphatic carbocycles. The standard InChI is InChI=1S/C31H35F3N2O5S/c1-3-16-30(17-15-21-9-6-5-7-10-21)19-26(37)28(29(38)41-30)25(4-2)22-11-8-12-24(18-22)36-42(39,40)27-14-13-23(20-35-27)31(32,33)34/h5-14,18,20,25-26,28,36-37H,3-4,15-17,19H2,1-2H3. The van der Waals surface area contributed by atoms with Crippen LogP contribution in [0.2, 0.25) is 0 Å². The number of ether oxygens (including phenoxy) is 1. The van der Waals surface area contributed by atoms with Gasteiger partial charge in [0.15, 0.2) is 5.03 Å². The summed E-state index contributed by atoms with van der Waals surface area (Å²) >= 11 is 0. The first-order valence-electron chi connectivity index (χ1n) is 14.0. The fourth-order valence-corrected chi connectivity index (χ4v) is 6.75. The molecule has 4 rings (SSSR count). The van der Waals surface area contributed by atoms with E-state index in [1.807, 2.05) is 44.2 Å². The maximum atomic E-state index is 13.5. The summed E-state index contributed by atoms with van der Waals surface area (Å²) in [5.74, 6) is -1.79. The number of esters is 1. The molecule has 2 N–H and O–H groups in total. The van der Waals surface area contributed by atoms with Gasteiger partial charge in [-0.25, -0.2) is 4.98 Å². The van der Waals surface area contributed by atoms with Gasteiger partial charge in [0.2, 0.25) is 0 Å². The van der Waals surface area contributed by atoms with Crippen LogP contribution in [0.5, 0.6) is 0 Å². The number of hydrogen-bond acceptors (Lipinski definition) is 6. The highest BCUT2D eigenvalue weighted by Crippen LogP contribution is 2.43. The fraction of sp³-hybridized carbons (Fsp3) is 0.419. The summed E-state index contributed by atoms with van der Waals surface area (Å²) in [7, 11) is -4.29. The van der Waals surface area contributed by atoms with Gasteiger partial charge in [-0.05, 0) is 67.0 Å². The molecule has 2 aromatic carbocycles. The Labute approximate surface area is 244 Å². The lowest BCUT2D eigenvalue weighted by Crippen LogP contribution is -2.51. The number of cyclic esters (lactones) is 1. The topological polar surface area (TPSA) is 106 Å². The Bertz CT molecular complexity index is 1470. The van der Waals surface area contributed by atoms with E-state index in [2.05, 4.69) is 9.71 Å². The number of carbonyl (C=O) groups excluding carboxylic acids is 1. The van der Waals surface area contributed by atoms with Gasteiger partial charge in [0.05, 0.1) is 17.6 Å². The van der Waals surface area contributed by atoms with Gasteiger partial charge in [0, 0.05) is 18.3 Å². The van der Waals surface area contributed by atoms with Gasteiger partial charge in [0.1, 0.15) is 5.60 Å². The first-order valence-corrected chi connectivity index (χ1v) is 15.5. The lowest BCUT2D eigenvalue weighted by atomic mass is 9.73. The van der Waals surface area contributed by atoms with Crippen molar-refractivity contribution < 1.29 is 36.2 Å². The second-order valence-corrected chi connectivity index (χ2v) is 12.4. The summed E-state index contributed by atoms with van der Waals surface area (Å²) in [6, 6.07) is 17.7. The molecule has 7 nitrogen and oxygen atoms in total. The van der Waals surface area contributed by atoms with Crippen molar-refractivity contribution in [2.45, 2.75) is 81.2 Å². The Morgan fingerprint density at radius 2 is 1.81 bits per heavy atom. The van der Waals surface area contributed by atoms with Crippen LogP contribution >= 0.6 is 0 Å². The number of halogens is 3. The molecule has 1 fully saturated rings. The smallest absolute Gasteiger partial charge is 0.417 e. The molecule has 3 aromatic rings. The molecule has 2 heterocycles. The zero-order valence-corrected chi connectivity index (χ0v) is 24.3. The third-order valence-corrected chi connectivity index (χ3v) is 9.08. The molecule has 0 bridgehead atoms. The summed E-state index contributed by atoms with van der Waals surface area (Å²) in [6.45, 7) is 3.88. The molecule has 11 heteroatoms. The SMILES string of the molecule is CCCC1(CCc2ccccc2)CC(O)C(C(CC)c2cccc(NS(=O)(=O)c3ccc(C(F)(F)F)cn3)c2)C(=O)O1. The first kappa shape index (κ1) is 31.5. The summed E-state index contributed by atoms with van der Waals surface area (Å²) < 4.78 is 72.7. The maximum absolute atomic E-state index is 13.5. The van der Waals surface area contributed by atoms with Crippen LogP contribution in [0, 0.1) is 5.92 Å². The summed E-state index contributed by atoms with van der Waals surface area (Å²) in [4.78, 5) is 17.0. The number of carbonyl (C=O) groups is 1. The second kappa shape index (κ2) is 12.8. The Hall–Kier alpha value is -3.44. The highest BCUT2D eigenvalue weighted by atomic mass is 32.2. The molecule has 1 aliphatic rings. The van der Waals surface area contributed by atoms with Crippen molar-refractivity contribution in [3.63, 3.8) is 0 Å². The van der Waals surface area contributed by atoms with E-state index < -0.39 is 56.3 Å². The number of aromatic nitrogens is 1. The lowest BCUT2D eigenvalue weighted by Gasteiger charge is -2.44. The molecule has 1 aromatic heterocycles. The van der Waals surface area contributed by atoms with Gasteiger partial charge in [-0.15, -0.1) is 0 Å². The van der Waals surface area contributed by atoms with Gasteiger partial charge < -0.3 is 9.84 Å². The van der Waals surface area contributed by atoms with Crippen molar-refractivity contribution in [3.8, 4) is 0 Å². The monoisotopic (exact) mass is 604 g/mol. The first-order chi connectivity index (χ1) is 19.9. The average Bonchev–Trinajstić information content (AvgIpc) is 2.94. The molecule has 4 unspecified atom stereocenters. The third-order valence-electron chi connectivity index (χ3n) is 7.78. The Morgan fingerprint density at radius 1 is 1.07 bits per heavy atom. The van der Waals surface area contributed by atoms with Gasteiger partial charge in [0.25, 0.3) is 10.0 Å². The molecule has 0 spiro atoms. The highest BCUT2D eigenvalue weighted by Gasteiger charge is 2.48. The van der Waals surface area contributed by atoms with E-state index in [0.29, 0.717) is 49.9 Å². The van der Waals surface area contributed by atoms with E-state index in [9.17, 15) is 31.5 Å². The van der Waals surface area contributed by atoms with Crippen molar-refractivity contribution >= 4 is 21.7 Å². The second-order valence-electron chi connectivity index (χ2n) is 10.8. The molecule has 42 heavy (non-hydrogen) atoms. The summed E-state index contributed by atoms with van der Waals surface area (Å²) in [5.41, 5.74) is 0.0519. The number of anilines is 1. The number of hydrogen-bond donors (Lipinski definition) is 2. The van der Waals surface area contributed by atoms with Gasteiger partial charge in [-0.3, -0.25) is 9.52 Å². The van der Waals surface area contributed by atoms with Crippen LogP contribution in [0.15, 0.2) is 78.0 Å². The van der Waals surface area contributed by atoms with Gasteiger partial charge >= 0.3 is 12.1 Å². The largest absolute Gasteiger partial charge is 0.459 e. The van der Waals surface area contributed by atoms with Crippen LogP contribution in [-0.2, 0) is 32.2 Å². The molecule has 4 atom stereocenters. The van der Waals surface area contributed by atoms with E-state index in [0.717, 1.165) is 18.1 Å². The number of aryl methyl sites for hydroxylation is 1. The minimum atomic E-state index is -4.64. The Balaban J connectivity index is 1.52. The number of nitrogens with one attached hydrogen (secondary N) is 1. The van der Waals surface area contributed by atoms with Crippen LogP contribution in [0.3, 0.4) is 0 Å². The quantitative estimate of drug-likeness (QED) is 0.243. The van der Waals surface area contributed by atoms with Crippen molar-refractivity contribution in [3.05, 3.63) is 89.6 Å². The minimum Gasteiger partial charge on any atom is -0.459 e. The molecular formula is C31H35F3N2O5S. The van der Waals surface area contributed by atoms with Crippen molar-refractivity contribution in [1.82, 2.24) is 4.98 Å². The predicted octanol–water partition coefficient (Wildman–Crippen LogP) is 6.49. The van der Waals surface area contributed by atoms with Gasteiger partial charge in [-0.1, -0.05) is 62.7 Å². The highest BCUT2D eigenvalue weighted by molar-refractivity contribution is 7.92. The van der Waals surface area contributed by atoms with Crippen molar-refractivity contribution in [2.24, 2.45) is 5.92 Å². The molecular weight excluding hydrogens is 569 g/mol. The molecule has 0 radical (unpaired) electrons. The van der Waals surface area contributed by atoms with Crippen LogP contribution in [0.1, 0.15) is 68.6 Å². The number of aliphatic hydroxyl groups excluding tert-OH is 1. The van der Waals surface area contributed by atoms with Crippen LogP contribution in [-0.4, -0.2) is 36.2 Å². The van der Waals surface area contributed by atoms with Crippen LogP contribution in [0.25, 0.3) is 0 Å². The normalized spacial score (nSPS) is 21.9. The van der Waals surface area contributed by atoms with E-state index in [-0.39, 0.29) is 5.69 Å². The fourth-order valence-electron chi connectivity index (χ4n) is 5.77. The van der Waals surface area contributed by atoms with E-state index in [1.165, 1.54) is 6.07 Å². The zero-order valence-electron chi connectivity index (χ0n) is 23.5. The van der Waals surface area contributed by atoms with Crippen molar-refractivity contribution in [1.29, 1.82) is 0 Å². The molecule has 226 valence electrons. The number of benzene rings is 2. The molecule has 1 saturated heterocycles. The Kier molecular flexibility index (Phi) is 9.62.